The second-order valence-electron chi connectivity index (χ2n) is 6.43. The molecule has 8 heteroatoms. The highest BCUT2D eigenvalue weighted by Gasteiger charge is 2.27. The van der Waals surface area contributed by atoms with Gasteiger partial charge in [-0.2, -0.15) is 0 Å². The Labute approximate surface area is 180 Å². The van der Waals surface area contributed by atoms with Crippen molar-refractivity contribution in [1.29, 1.82) is 0 Å². The minimum Gasteiger partial charge on any atom is -0.376 e. The molecule has 1 aliphatic heterocycles. The van der Waals surface area contributed by atoms with E-state index in [0.29, 0.717) is 22.4 Å². The van der Waals surface area contributed by atoms with E-state index in [1.165, 1.54) is 17.5 Å². The van der Waals surface area contributed by atoms with E-state index in [9.17, 15) is 4.79 Å². The quantitative estimate of drug-likeness (QED) is 0.489. The maximum Gasteiger partial charge on any atom is 0.278 e. The van der Waals surface area contributed by atoms with Crippen LogP contribution in [-0.2, 0) is 4.74 Å². The predicted octanol–water partition coefficient (Wildman–Crippen LogP) is 5.45. The summed E-state index contributed by atoms with van der Waals surface area (Å²) in [7, 11) is 0. The second kappa shape index (κ2) is 8.69. The van der Waals surface area contributed by atoms with Crippen molar-refractivity contribution in [2.24, 2.45) is 0 Å². The number of benzene rings is 1. The Morgan fingerprint density at radius 1 is 1.32 bits per heavy atom. The SMILES string of the molecule is O=C(c1cc(Cl)ccn1)N(C[C@@H]1CCCO1)c1nc(-c2ccc(Br)cc2)cs1. The van der Waals surface area contributed by atoms with Crippen molar-refractivity contribution in [1.82, 2.24) is 9.97 Å². The number of carbonyl (C=O) groups excluding carboxylic acids is 1. The minimum absolute atomic E-state index is 0.00293. The van der Waals surface area contributed by atoms with E-state index in [-0.39, 0.29) is 12.0 Å². The lowest BCUT2D eigenvalue weighted by atomic mass is 10.2. The molecule has 0 radical (unpaired) electrons. The van der Waals surface area contributed by atoms with Crippen LogP contribution in [0.2, 0.25) is 5.02 Å². The average Bonchev–Trinajstić information content (AvgIpc) is 3.38. The predicted molar refractivity (Wildman–Crippen MR) is 115 cm³/mol. The molecule has 0 N–H and O–H groups in total. The molecule has 1 saturated heterocycles. The molecule has 28 heavy (non-hydrogen) atoms. The van der Waals surface area contributed by atoms with Crippen LogP contribution in [0, 0.1) is 0 Å². The fourth-order valence-electron chi connectivity index (χ4n) is 3.04. The molecule has 0 unspecified atom stereocenters. The highest BCUT2D eigenvalue weighted by Crippen LogP contribution is 2.30. The van der Waals surface area contributed by atoms with E-state index in [4.69, 9.17) is 21.3 Å². The molecule has 2 aromatic heterocycles. The summed E-state index contributed by atoms with van der Waals surface area (Å²) in [5, 5.41) is 3.06. The normalized spacial score (nSPS) is 16.3. The lowest BCUT2D eigenvalue weighted by Crippen LogP contribution is -2.38. The standard InChI is InChI=1S/C20H17BrClN3O2S/c21-14-5-3-13(4-6-14)18-12-28-20(24-18)25(11-16-2-1-9-27-16)19(26)17-10-15(22)7-8-23-17/h3-8,10,12,16H,1-2,9,11H2/t16-/m0/s1. The summed E-state index contributed by atoms with van der Waals surface area (Å²) < 4.78 is 6.76. The number of thiazole rings is 1. The molecule has 0 spiro atoms. The van der Waals surface area contributed by atoms with Crippen molar-refractivity contribution in [3.63, 3.8) is 0 Å². The summed E-state index contributed by atoms with van der Waals surface area (Å²) in [6.45, 7) is 1.17. The molecule has 0 saturated carbocycles. The molecule has 144 valence electrons. The van der Waals surface area contributed by atoms with Gasteiger partial charge < -0.3 is 4.74 Å². The van der Waals surface area contributed by atoms with Gasteiger partial charge in [0.2, 0.25) is 0 Å². The third-order valence-electron chi connectivity index (χ3n) is 4.46. The Kier molecular flexibility index (Phi) is 6.06. The van der Waals surface area contributed by atoms with Gasteiger partial charge in [-0.15, -0.1) is 11.3 Å². The monoisotopic (exact) mass is 477 g/mol. The van der Waals surface area contributed by atoms with Crippen LogP contribution in [0.1, 0.15) is 23.3 Å². The molecule has 1 atom stereocenters. The van der Waals surface area contributed by atoms with E-state index >= 15 is 0 Å². The first kappa shape index (κ1) is 19.5. The number of anilines is 1. The molecule has 0 bridgehead atoms. The molecular formula is C20H17BrClN3O2S. The van der Waals surface area contributed by atoms with Crippen molar-refractivity contribution in [3.8, 4) is 11.3 Å². The lowest BCUT2D eigenvalue weighted by Gasteiger charge is -2.22. The topological polar surface area (TPSA) is 55.3 Å². The van der Waals surface area contributed by atoms with E-state index in [1.54, 1.807) is 17.0 Å². The van der Waals surface area contributed by atoms with Crippen molar-refractivity contribution < 1.29 is 9.53 Å². The number of amides is 1. The first-order chi connectivity index (χ1) is 13.6. The molecule has 3 heterocycles. The molecule has 1 amide bonds. The fraction of sp³-hybridized carbons (Fsp3) is 0.250. The first-order valence-corrected chi connectivity index (χ1v) is 10.9. The van der Waals surface area contributed by atoms with E-state index < -0.39 is 0 Å². The number of ether oxygens (including phenoxy) is 1. The van der Waals surface area contributed by atoms with Gasteiger partial charge in [-0.25, -0.2) is 4.98 Å². The zero-order valence-corrected chi connectivity index (χ0v) is 18.0. The third kappa shape index (κ3) is 4.43. The highest BCUT2D eigenvalue weighted by atomic mass is 79.9. The summed E-state index contributed by atoms with van der Waals surface area (Å²) in [5.74, 6) is -0.227. The summed E-state index contributed by atoms with van der Waals surface area (Å²) in [5.41, 5.74) is 2.12. The van der Waals surface area contributed by atoms with Crippen LogP contribution in [0.3, 0.4) is 0 Å². The first-order valence-electron chi connectivity index (χ1n) is 8.86. The molecule has 1 fully saturated rings. The fourth-order valence-corrected chi connectivity index (χ4v) is 4.31. The zero-order chi connectivity index (χ0) is 19.5. The maximum atomic E-state index is 13.2. The number of rotatable bonds is 5. The molecule has 3 aromatic rings. The minimum atomic E-state index is -0.227. The van der Waals surface area contributed by atoms with Gasteiger partial charge in [0.15, 0.2) is 5.13 Å². The van der Waals surface area contributed by atoms with Gasteiger partial charge in [-0.1, -0.05) is 39.7 Å². The molecule has 4 rings (SSSR count). The molecule has 0 aliphatic carbocycles. The van der Waals surface area contributed by atoms with Crippen LogP contribution in [0.5, 0.6) is 0 Å². The van der Waals surface area contributed by atoms with E-state index in [2.05, 4.69) is 20.9 Å². The van der Waals surface area contributed by atoms with Crippen molar-refractivity contribution >= 4 is 49.9 Å². The lowest BCUT2D eigenvalue weighted by molar-refractivity contribution is 0.0913. The van der Waals surface area contributed by atoms with Gasteiger partial charge in [0, 0.05) is 33.2 Å². The number of nitrogens with zero attached hydrogens (tertiary/aromatic N) is 3. The van der Waals surface area contributed by atoms with Crippen LogP contribution in [-0.4, -0.2) is 35.1 Å². The van der Waals surface area contributed by atoms with Crippen LogP contribution in [0.25, 0.3) is 11.3 Å². The molecule has 1 aliphatic rings. The number of pyridine rings is 1. The number of halogens is 2. The van der Waals surface area contributed by atoms with Crippen molar-refractivity contribution in [3.05, 3.63) is 63.2 Å². The average molecular weight is 479 g/mol. The van der Waals surface area contributed by atoms with Gasteiger partial charge in [0.05, 0.1) is 18.3 Å². The van der Waals surface area contributed by atoms with Crippen LogP contribution >= 0.6 is 38.9 Å². The summed E-state index contributed by atoms with van der Waals surface area (Å²) in [6.07, 6.45) is 3.47. The van der Waals surface area contributed by atoms with Gasteiger partial charge in [-0.05, 0) is 37.1 Å². The van der Waals surface area contributed by atoms with Gasteiger partial charge in [0.25, 0.3) is 5.91 Å². The van der Waals surface area contributed by atoms with Crippen molar-refractivity contribution in [2.45, 2.75) is 18.9 Å². The smallest absolute Gasteiger partial charge is 0.278 e. The Morgan fingerprint density at radius 2 is 2.14 bits per heavy atom. The van der Waals surface area contributed by atoms with Gasteiger partial charge in [-0.3, -0.25) is 14.7 Å². The van der Waals surface area contributed by atoms with Gasteiger partial charge >= 0.3 is 0 Å². The second-order valence-corrected chi connectivity index (χ2v) is 8.62. The zero-order valence-electron chi connectivity index (χ0n) is 14.8. The number of carbonyl (C=O) groups is 1. The number of hydrogen-bond acceptors (Lipinski definition) is 5. The van der Waals surface area contributed by atoms with Crippen molar-refractivity contribution in [2.75, 3.05) is 18.1 Å². The third-order valence-corrected chi connectivity index (χ3v) is 6.09. The summed E-state index contributed by atoms with van der Waals surface area (Å²) in [6, 6.07) is 11.2. The van der Waals surface area contributed by atoms with E-state index in [1.807, 2.05) is 29.6 Å². The molecular weight excluding hydrogens is 462 g/mol. The Morgan fingerprint density at radius 3 is 2.86 bits per heavy atom. The summed E-state index contributed by atoms with van der Waals surface area (Å²) in [4.78, 5) is 23.7. The number of hydrogen-bond donors (Lipinski definition) is 0. The molecule has 5 nitrogen and oxygen atoms in total. The van der Waals surface area contributed by atoms with Crippen LogP contribution in [0.4, 0.5) is 5.13 Å². The molecule has 1 aromatic carbocycles. The largest absolute Gasteiger partial charge is 0.376 e. The Balaban J connectivity index is 1.65. The maximum absolute atomic E-state index is 13.2. The van der Waals surface area contributed by atoms with Crippen LogP contribution in [0.15, 0.2) is 52.4 Å². The van der Waals surface area contributed by atoms with E-state index in [0.717, 1.165) is 35.2 Å². The summed E-state index contributed by atoms with van der Waals surface area (Å²) >= 11 is 10.9. The number of aromatic nitrogens is 2. The van der Waals surface area contributed by atoms with Crippen LogP contribution < -0.4 is 4.90 Å². The Hall–Kier alpha value is -1.80. The van der Waals surface area contributed by atoms with Gasteiger partial charge in [0.1, 0.15) is 5.69 Å². The highest BCUT2D eigenvalue weighted by molar-refractivity contribution is 9.10. The Bertz CT molecular complexity index is 974.